The zero-order valence-electron chi connectivity index (χ0n) is 15.5. The fourth-order valence-electron chi connectivity index (χ4n) is 3.49. The molecule has 3 aromatic rings. The molecule has 1 aromatic carbocycles. The second-order valence-corrected chi connectivity index (χ2v) is 8.39. The summed E-state index contributed by atoms with van der Waals surface area (Å²) in [4.78, 5) is 19.8. The Morgan fingerprint density at radius 1 is 1.33 bits per heavy atom. The molecule has 7 heteroatoms. The molecule has 1 amide bonds. The first-order valence-corrected chi connectivity index (χ1v) is 10.2. The third-order valence-electron chi connectivity index (χ3n) is 4.80. The fraction of sp³-hybridized carbons (Fsp3) is 0.400. The summed E-state index contributed by atoms with van der Waals surface area (Å²) in [6.07, 6.45) is 1.99. The minimum atomic E-state index is -0.109. The molecule has 0 bridgehead atoms. The van der Waals surface area contributed by atoms with Gasteiger partial charge in [0, 0.05) is 11.6 Å². The number of hydrogen-bond acceptors (Lipinski definition) is 5. The summed E-state index contributed by atoms with van der Waals surface area (Å²) in [5.41, 5.74) is 2.45. The number of amides is 1. The third-order valence-corrected chi connectivity index (χ3v) is 6.04. The topological polar surface area (TPSA) is 55.6 Å². The number of carbonyl (C=O) groups is 1. The maximum atomic E-state index is 13.3. The molecule has 1 aliphatic heterocycles. The molecule has 0 saturated carbocycles. The van der Waals surface area contributed by atoms with Gasteiger partial charge in [-0.2, -0.15) is 0 Å². The standard InChI is InChI=1S/C20H21ClN2O3S/c1-11-7-14(21)9-17-18(11)22-20(27-17)23(10-15-5-4-6-25-15)19(24)16-8-12(2)26-13(16)3/h7-9,15H,4-6,10H2,1-3H3. The second kappa shape index (κ2) is 7.26. The SMILES string of the molecule is Cc1cc(C(=O)N(CC2CCCO2)c2nc3c(C)cc(Cl)cc3s2)c(C)o1. The monoisotopic (exact) mass is 404 g/mol. The van der Waals surface area contributed by atoms with Crippen molar-refractivity contribution >= 4 is 44.2 Å². The van der Waals surface area contributed by atoms with Gasteiger partial charge >= 0.3 is 0 Å². The lowest BCUT2D eigenvalue weighted by molar-refractivity contribution is 0.0916. The Labute approximate surface area is 166 Å². The maximum absolute atomic E-state index is 13.3. The molecule has 142 valence electrons. The Kier molecular flexibility index (Phi) is 4.97. The van der Waals surface area contributed by atoms with Crippen molar-refractivity contribution in [1.82, 2.24) is 4.98 Å². The molecule has 1 saturated heterocycles. The summed E-state index contributed by atoms with van der Waals surface area (Å²) < 4.78 is 12.3. The van der Waals surface area contributed by atoms with E-state index in [0.29, 0.717) is 28.0 Å². The molecule has 0 N–H and O–H groups in total. The number of aryl methyl sites for hydroxylation is 3. The van der Waals surface area contributed by atoms with Crippen LogP contribution in [0.25, 0.3) is 10.2 Å². The quantitative estimate of drug-likeness (QED) is 0.592. The van der Waals surface area contributed by atoms with Gasteiger partial charge in [-0.3, -0.25) is 9.69 Å². The number of nitrogens with zero attached hydrogens (tertiary/aromatic N) is 2. The van der Waals surface area contributed by atoms with E-state index in [4.69, 9.17) is 25.7 Å². The lowest BCUT2D eigenvalue weighted by atomic mass is 10.2. The van der Waals surface area contributed by atoms with Crippen molar-refractivity contribution in [1.29, 1.82) is 0 Å². The van der Waals surface area contributed by atoms with Crippen molar-refractivity contribution < 1.29 is 13.9 Å². The van der Waals surface area contributed by atoms with Gasteiger partial charge in [-0.1, -0.05) is 22.9 Å². The highest BCUT2D eigenvalue weighted by Crippen LogP contribution is 2.34. The van der Waals surface area contributed by atoms with E-state index in [9.17, 15) is 4.79 Å². The van der Waals surface area contributed by atoms with Gasteiger partial charge in [-0.05, 0) is 57.4 Å². The average Bonchev–Trinajstić information content (AvgIpc) is 3.32. The van der Waals surface area contributed by atoms with Crippen LogP contribution in [0.1, 0.15) is 40.3 Å². The Bertz CT molecular complexity index is 1000. The van der Waals surface area contributed by atoms with Crippen LogP contribution in [0.3, 0.4) is 0 Å². The summed E-state index contributed by atoms with van der Waals surface area (Å²) in [7, 11) is 0. The molecule has 4 rings (SSSR count). The van der Waals surface area contributed by atoms with Crippen LogP contribution in [0.2, 0.25) is 5.02 Å². The number of furan rings is 1. The van der Waals surface area contributed by atoms with E-state index in [1.807, 2.05) is 32.9 Å². The van der Waals surface area contributed by atoms with Gasteiger partial charge in [0.2, 0.25) is 0 Å². The van der Waals surface area contributed by atoms with E-state index in [-0.39, 0.29) is 12.0 Å². The summed E-state index contributed by atoms with van der Waals surface area (Å²) >= 11 is 7.67. The van der Waals surface area contributed by atoms with Crippen LogP contribution in [0.4, 0.5) is 5.13 Å². The molecule has 1 atom stereocenters. The Hall–Kier alpha value is -1.89. The molecule has 1 aliphatic rings. The molecule has 27 heavy (non-hydrogen) atoms. The minimum absolute atomic E-state index is 0.0268. The molecule has 1 fully saturated rings. The normalized spacial score (nSPS) is 17.0. The van der Waals surface area contributed by atoms with Crippen LogP contribution >= 0.6 is 22.9 Å². The lowest BCUT2D eigenvalue weighted by Crippen LogP contribution is -2.37. The average molecular weight is 405 g/mol. The number of rotatable bonds is 4. The number of anilines is 1. The number of hydrogen-bond donors (Lipinski definition) is 0. The number of aromatic nitrogens is 1. The zero-order chi connectivity index (χ0) is 19.1. The van der Waals surface area contributed by atoms with Crippen LogP contribution in [-0.4, -0.2) is 30.1 Å². The van der Waals surface area contributed by atoms with Crippen LogP contribution in [0, 0.1) is 20.8 Å². The summed E-state index contributed by atoms with van der Waals surface area (Å²) in [6, 6.07) is 5.58. The van der Waals surface area contributed by atoms with E-state index < -0.39 is 0 Å². The molecule has 3 heterocycles. The predicted molar refractivity (Wildman–Crippen MR) is 108 cm³/mol. The van der Waals surface area contributed by atoms with E-state index in [1.165, 1.54) is 11.3 Å². The van der Waals surface area contributed by atoms with Gasteiger partial charge < -0.3 is 9.15 Å². The lowest BCUT2D eigenvalue weighted by Gasteiger charge is -2.22. The van der Waals surface area contributed by atoms with Crippen molar-refractivity contribution in [3.8, 4) is 0 Å². The van der Waals surface area contributed by atoms with Crippen molar-refractivity contribution in [3.05, 3.63) is 45.9 Å². The second-order valence-electron chi connectivity index (χ2n) is 6.94. The zero-order valence-corrected chi connectivity index (χ0v) is 17.1. The molecule has 0 spiro atoms. The van der Waals surface area contributed by atoms with Crippen molar-refractivity contribution in [3.63, 3.8) is 0 Å². The van der Waals surface area contributed by atoms with Crippen LogP contribution in [0.5, 0.6) is 0 Å². The summed E-state index contributed by atoms with van der Waals surface area (Å²) in [6.45, 7) is 6.86. The van der Waals surface area contributed by atoms with Crippen molar-refractivity contribution in [2.45, 2.75) is 39.7 Å². The molecular weight excluding hydrogens is 384 g/mol. The minimum Gasteiger partial charge on any atom is -0.466 e. The van der Waals surface area contributed by atoms with E-state index in [2.05, 4.69) is 0 Å². The summed E-state index contributed by atoms with van der Waals surface area (Å²) in [5, 5.41) is 1.34. The van der Waals surface area contributed by atoms with Gasteiger partial charge in [-0.25, -0.2) is 4.98 Å². The van der Waals surface area contributed by atoms with E-state index >= 15 is 0 Å². The van der Waals surface area contributed by atoms with Gasteiger partial charge in [0.25, 0.3) is 5.91 Å². The van der Waals surface area contributed by atoms with Gasteiger partial charge in [0.05, 0.1) is 28.4 Å². The number of benzene rings is 1. The van der Waals surface area contributed by atoms with Crippen LogP contribution < -0.4 is 4.90 Å². The maximum Gasteiger partial charge on any atom is 0.263 e. The number of halogens is 1. The molecule has 0 radical (unpaired) electrons. The molecule has 2 aromatic heterocycles. The largest absolute Gasteiger partial charge is 0.466 e. The first-order chi connectivity index (χ1) is 12.9. The number of carbonyl (C=O) groups excluding carboxylic acids is 1. The Morgan fingerprint density at radius 2 is 2.15 bits per heavy atom. The van der Waals surface area contributed by atoms with Crippen LogP contribution in [-0.2, 0) is 4.74 Å². The number of ether oxygens (including phenoxy) is 1. The molecular formula is C20H21ClN2O3S. The Balaban J connectivity index is 1.76. The Morgan fingerprint density at radius 3 is 2.81 bits per heavy atom. The highest BCUT2D eigenvalue weighted by molar-refractivity contribution is 7.22. The fourth-order valence-corrected chi connectivity index (χ4v) is 4.91. The summed E-state index contributed by atoms with van der Waals surface area (Å²) in [5.74, 6) is 1.23. The van der Waals surface area contributed by atoms with Gasteiger partial charge in [-0.15, -0.1) is 0 Å². The highest BCUT2D eigenvalue weighted by atomic mass is 35.5. The number of fused-ring (bicyclic) bond motifs is 1. The van der Waals surface area contributed by atoms with E-state index in [1.54, 1.807) is 11.0 Å². The molecule has 0 aliphatic carbocycles. The van der Waals surface area contributed by atoms with Gasteiger partial charge in [0.15, 0.2) is 5.13 Å². The third kappa shape index (κ3) is 3.61. The number of thiazole rings is 1. The molecule has 5 nitrogen and oxygen atoms in total. The first-order valence-electron chi connectivity index (χ1n) is 8.99. The van der Waals surface area contributed by atoms with E-state index in [0.717, 1.165) is 41.0 Å². The van der Waals surface area contributed by atoms with Gasteiger partial charge in [0.1, 0.15) is 11.5 Å². The molecule has 1 unspecified atom stereocenters. The highest BCUT2D eigenvalue weighted by Gasteiger charge is 2.29. The smallest absolute Gasteiger partial charge is 0.263 e. The first kappa shape index (κ1) is 18.5. The van der Waals surface area contributed by atoms with Crippen molar-refractivity contribution in [2.75, 3.05) is 18.1 Å². The van der Waals surface area contributed by atoms with Crippen LogP contribution in [0.15, 0.2) is 22.6 Å². The van der Waals surface area contributed by atoms with Crippen molar-refractivity contribution in [2.24, 2.45) is 0 Å². The predicted octanol–water partition coefficient (Wildman–Crippen LogP) is 5.29.